The van der Waals surface area contributed by atoms with Crippen molar-refractivity contribution in [3.8, 4) is 0 Å². The minimum atomic E-state index is -0.570. The molecule has 0 aromatic carbocycles. The van der Waals surface area contributed by atoms with Gasteiger partial charge >= 0.3 is 6.09 Å². The maximum absolute atomic E-state index is 12.2. The van der Waals surface area contributed by atoms with Crippen molar-refractivity contribution in [2.45, 2.75) is 65.2 Å². The second-order valence-corrected chi connectivity index (χ2v) is 6.51. The van der Waals surface area contributed by atoms with E-state index in [0.717, 1.165) is 0 Å². The van der Waals surface area contributed by atoms with E-state index in [0.29, 0.717) is 13.0 Å². The molecule has 5 heteroatoms. The number of hydrogen-bond donors (Lipinski definition) is 0. The molecule has 0 spiro atoms. The maximum Gasteiger partial charge on any atom is 0.411 e. The smallest absolute Gasteiger partial charge is 0.411 e. The zero-order chi connectivity index (χ0) is 14.8. The number of carbonyl (C=O) groups excluding carboxylic acids is 2. The predicted molar refractivity (Wildman–Crippen MR) is 72.1 cm³/mol. The van der Waals surface area contributed by atoms with Gasteiger partial charge in [0.1, 0.15) is 11.6 Å². The third kappa shape index (κ3) is 4.49. The number of morpholine rings is 1. The van der Waals surface area contributed by atoms with E-state index >= 15 is 0 Å². The zero-order valence-electron chi connectivity index (χ0n) is 12.8. The number of amides is 1. The summed E-state index contributed by atoms with van der Waals surface area (Å²) in [5.74, 6) is 0.00126. The molecule has 0 saturated carbocycles. The summed E-state index contributed by atoms with van der Waals surface area (Å²) in [5, 5.41) is 0. The zero-order valence-corrected chi connectivity index (χ0v) is 12.8. The highest BCUT2D eigenvalue weighted by molar-refractivity contribution is 5.87. The van der Waals surface area contributed by atoms with Gasteiger partial charge in [0.25, 0.3) is 0 Å². The van der Waals surface area contributed by atoms with Gasteiger partial charge in [0.05, 0.1) is 18.8 Å². The fourth-order valence-corrected chi connectivity index (χ4v) is 1.98. The Labute approximate surface area is 115 Å². The normalized spacial score (nSPS) is 23.1. The molecule has 0 aromatic heterocycles. The van der Waals surface area contributed by atoms with E-state index in [-0.39, 0.29) is 12.4 Å². The summed E-state index contributed by atoms with van der Waals surface area (Å²) in [7, 11) is 0. The molecule has 1 fully saturated rings. The Balaban J connectivity index is 2.88. The van der Waals surface area contributed by atoms with E-state index in [4.69, 9.17) is 9.47 Å². The summed E-state index contributed by atoms with van der Waals surface area (Å²) in [6.07, 6.45) is -0.0658. The second-order valence-electron chi connectivity index (χ2n) is 6.51. The molecule has 5 nitrogen and oxygen atoms in total. The highest BCUT2D eigenvalue weighted by Gasteiger charge is 2.41. The molecular weight excluding hydrogens is 246 g/mol. The third-order valence-corrected chi connectivity index (χ3v) is 2.91. The number of ether oxygens (including phenoxy) is 2. The van der Waals surface area contributed by atoms with Crippen LogP contribution >= 0.6 is 0 Å². The van der Waals surface area contributed by atoms with E-state index in [1.165, 1.54) is 4.90 Å². The van der Waals surface area contributed by atoms with Gasteiger partial charge in [-0.1, -0.05) is 6.92 Å². The number of carbonyl (C=O) groups is 2. The van der Waals surface area contributed by atoms with Crippen LogP contribution in [0.3, 0.4) is 0 Å². The number of Topliss-reactive ketones (excluding diaryl/α,β-unsaturated/α-hetero) is 1. The van der Waals surface area contributed by atoms with E-state index in [9.17, 15) is 9.59 Å². The monoisotopic (exact) mass is 271 g/mol. The van der Waals surface area contributed by atoms with Crippen molar-refractivity contribution in [3.63, 3.8) is 0 Å². The van der Waals surface area contributed by atoms with Crippen molar-refractivity contribution in [2.24, 2.45) is 0 Å². The first-order valence-electron chi connectivity index (χ1n) is 6.72. The van der Waals surface area contributed by atoms with Gasteiger partial charge in [-0.25, -0.2) is 4.79 Å². The second kappa shape index (κ2) is 5.49. The number of ketones is 1. The first kappa shape index (κ1) is 16.0. The summed E-state index contributed by atoms with van der Waals surface area (Å²) in [6.45, 7) is 11.6. The van der Waals surface area contributed by atoms with Crippen LogP contribution in [0.4, 0.5) is 4.79 Å². The van der Waals surface area contributed by atoms with Gasteiger partial charge in [-0.15, -0.1) is 0 Å². The lowest BCUT2D eigenvalue weighted by Gasteiger charge is -2.43. The Morgan fingerprint density at radius 2 is 1.95 bits per heavy atom. The van der Waals surface area contributed by atoms with Crippen molar-refractivity contribution in [2.75, 3.05) is 13.2 Å². The van der Waals surface area contributed by atoms with Crippen LogP contribution in [0.15, 0.2) is 0 Å². The van der Waals surface area contributed by atoms with Crippen LogP contribution in [0, 0.1) is 0 Å². The van der Waals surface area contributed by atoms with Crippen molar-refractivity contribution in [1.82, 2.24) is 4.90 Å². The van der Waals surface area contributed by atoms with Crippen molar-refractivity contribution < 1.29 is 19.1 Å². The van der Waals surface area contributed by atoms with Crippen molar-refractivity contribution in [1.29, 1.82) is 0 Å². The fraction of sp³-hybridized carbons (Fsp3) is 0.857. The Bertz CT molecular complexity index is 357. The highest BCUT2D eigenvalue weighted by atomic mass is 16.6. The molecule has 0 unspecified atom stereocenters. The van der Waals surface area contributed by atoms with Gasteiger partial charge in [0.2, 0.25) is 0 Å². The summed E-state index contributed by atoms with van der Waals surface area (Å²) in [5.41, 5.74) is -1.03. The van der Waals surface area contributed by atoms with E-state index in [1.807, 2.05) is 34.6 Å². The van der Waals surface area contributed by atoms with Crippen molar-refractivity contribution in [3.05, 3.63) is 0 Å². The quantitative estimate of drug-likeness (QED) is 0.773. The minimum absolute atomic E-state index is 0.00126. The van der Waals surface area contributed by atoms with Gasteiger partial charge in [-0.2, -0.15) is 0 Å². The molecule has 0 aromatic rings. The molecule has 0 radical (unpaired) electrons. The van der Waals surface area contributed by atoms with Gasteiger partial charge in [0, 0.05) is 6.42 Å². The molecule has 1 amide bonds. The first-order valence-corrected chi connectivity index (χ1v) is 6.72. The molecule has 1 aliphatic heterocycles. The van der Waals surface area contributed by atoms with E-state index in [1.54, 1.807) is 6.92 Å². The van der Waals surface area contributed by atoms with Crippen LogP contribution in [0.1, 0.15) is 48.0 Å². The largest absolute Gasteiger partial charge is 0.444 e. The minimum Gasteiger partial charge on any atom is -0.444 e. The standard InChI is InChI=1S/C14H25NO4/c1-7-11(16)10-8-18-14(5,6)9-15(10)12(17)19-13(2,3)4/h10H,7-9H2,1-6H3/t10-/m0/s1. The molecule has 1 atom stereocenters. The lowest BCUT2D eigenvalue weighted by Crippen LogP contribution is -2.59. The fourth-order valence-electron chi connectivity index (χ4n) is 1.98. The lowest BCUT2D eigenvalue weighted by atomic mass is 10.0. The molecule has 110 valence electrons. The van der Waals surface area contributed by atoms with Crippen molar-refractivity contribution >= 4 is 11.9 Å². The lowest BCUT2D eigenvalue weighted by molar-refractivity contribution is -0.144. The van der Waals surface area contributed by atoms with Crippen LogP contribution in [0.25, 0.3) is 0 Å². The summed E-state index contributed by atoms with van der Waals surface area (Å²) >= 11 is 0. The molecule has 1 heterocycles. The van der Waals surface area contributed by atoms with Gasteiger partial charge in [0.15, 0.2) is 5.78 Å². The predicted octanol–water partition coefficient (Wildman–Crippen LogP) is 2.38. The number of hydrogen-bond acceptors (Lipinski definition) is 4. The molecule has 0 N–H and O–H groups in total. The molecule has 0 bridgehead atoms. The van der Waals surface area contributed by atoms with E-state index in [2.05, 4.69) is 0 Å². The Kier molecular flexibility index (Phi) is 4.61. The topological polar surface area (TPSA) is 55.8 Å². The van der Waals surface area contributed by atoms with Crippen LogP contribution in [-0.4, -0.2) is 47.2 Å². The molecule has 1 aliphatic rings. The molecule has 0 aliphatic carbocycles. The molecule has 1 saturated heterocycles. The summed E-state index contributed by atoms with van der Waals surface area (Å²) in [4.78, 5) is 25.7. The summed E-state index contributed by atoms with van der Waals surface area (Å²) in [6, 6.07) is -0.534. The maximum atomic E-state index is 12.2. The van der Waals surface area contributed by atoms with Gasteiger partial charge in [-0.3, -0.25) is 9.69 Å². The first-order chi connectivity index (χ1) is 8.56. The molecule has 1 rings (SSSR count). The van der Waals surface area contributed by atoms with Gasteiger partial charge in [-0.05, 0) is 34.6 Å². The van der Waals surface area contributed by atoms with Crippen LogP contribution < -0.4 is 0 Å². The Morgan fingerprint density at radius 3 is 2.42 bits per heavy atom. The van der Waals surface area contributed by atoms with Crippen LogP contribution in [0.5, 0.6) is 0 Å². The summed E-state index contributed by atoms with van der Waals surface area (Å²) < 4.78 is 11.0. The van der Waals surface area contributed by atoms with E-state index < -0.39 is 23.3 Å². The average molecular weight is 271 g/mol. The number of rotatable bonds is 2. The third-order valence-electron chi connectivity index (χ3n) is 2.91. The van der Waals surface area contributed by atoms with Gasteiger partial charge < -0.3 is 9.47 Å². The Morgan fingerprint density at radius 1 is 1.37 bits per heavy atom. The van der Waals surface area contributed by atoms with Crippen LogP contribution in [-0.2, 0) is 14.3 Å². The SMILES string of the molecule is CCC(=O)[C@@H]1COC(C)(C)CN1C(=O)OC(C)(C)C. The molecular formula is C14H25NO4. The number of nitrogens with zero attached hydrogens (tertiary/aromatic N) is 1. The average Bonchev–Trinajstić information content (AvgIpc) is 2.24. The highest BCUT2D eigenvalue weighted by Crippen LogP contribution is 2.24. The molecule has 19 heavy (non-hydrogen) atoms. The van der Waals surface area contributed by atoms with Crippen LogP contribution in [0.2, 0.25) is 0 Å². The Hall–Kier alpha value is -1.10.